The molecule has 0 saturated heterocycles. The van der Waals surface area contributed by atoms with E-state index >= 15 is 0 Å². The predicted octanol–water partition coefficient (Wildman–Crippen LogP) is 2.11. The molecule has 0 aliphatic heterocycles. The van der Waals surface area contributed by atoms with Crippen molar-refractivity contribution in [3.8, 4) is 0 Å². The molecule has 0 heterocycles. The summed E-state index contributed by atoms with van der Waals surface area (Å²) in [4.78, 5) is 11.2. The molecule has 2 rings (SSSR count). The number of nitrogens with two attached hydrogens (primary N) is 2. The van der Waals surface area contributed by atoms with E-state index in [1.165, 1.54) is 32.1 Å². The lowest BCUT2D eigenvalue weighted by molar-refractivity contribution is 0.100. The van der Waals surface area contributed by atoms with Crippen LogP contribution in [0.15, 0.2) is 18.2 Å². The van der Waals surface area contributed by atoms with Crippen molar-refractivity contribution in [2.45, 2.75) is 38.1 Å². The summed E-state index contributed by atoms with van der Waals surface area (Å²) < 4.78 is 0. The fourth-order valence-corrected chi connectivity index (χ4v) is 2.37. The Morgan fingerprint density at radius 1 is 1.24 bits per heavy atom. The van der Waals surface area contributed by atoms with Gasteiger partial charge in [-0.1, -0.05) is 25.3 Å². The molecule has 0 bridgehead atoms. The van der Waals surface area contributed by atoms with Gasteiger partial charge in [-0.05, 0) is 25.0 Å². The Bertz CT molecular complexity index is 411. The Balaban J connectivity index is 2.15. The second-order valence-corrected chi connectivity index (χ2v) is 4.61. The zero-order chi connectivity index (χ0) is 12.3. The van der Waals surface area contributed by atoms with Gasteiger partial charge >= 0.3 is 0 Å². The number of nitrogen functional groups attached to an aromatic ring is 1. The molecule has 17 heavy (non-hydrogen) atoms. The number of nitrogens with one attached hydrogen (secondary N) is 1. The second kappa shape index (κ2) is 5.08. The third-order valence-corrected chi connectivity index (χ3v) is 3.34. The van der Waals surface area contributed by atoms with Crippen LogP contribution < -0.4 is 16.8 Å². The average Bonchev–Trinajstić information content (AvgIpc) is 2.33. The zero-order valence-corrected chi connectivity index (χ0v) is 9.91. The van der Waals surface area contributed by atoms with E-state index in [2.05, 4.69) is 5.32 Å². The first kappa shape index (κ1) is 11.8. The summed E-state index contributed by atoms with van der Waals surface area (Å²) in [6.07, 6.45) is 6.16. The smallest absolute Gasteiger partial charge is 0.250 e. The van der Waals surface area contributed by atoms with E-state index in [0.29, 0.717) is 17.3 Å². The number of anilines is 2. The van der Waals surface area contributed by atoms with Crippen LogP contribution in [0.3, 0.4) is 0 Å². The lowest BCUT2D eigenvalue weighted by Gasteiger charge is -2.24. The molecule has 1 saturated carbocycles. The van der Waals surface area contributed by atoms with E-state index in [4.69, 9.17) is 11.5 Å². The van der Waals surface area contributed by atoms with Crippen LogP contribution in [0.2, 0.25) is 0 Å². The molecule has 0 radical (unpaired) electrons. The first-order chi connectivity index (χ1) is 8.18. The van der Waals surface area contributed by atoms with Crippen molar-refractivity contribution in [1.29, 1.82) is 0 Å². The molecule has 1 fully saturated rings. The largest absolute Gasteiger partial charge is 0.396 e. The molecule has 1 aromatic rings. The molecule has 0 atom stereocenters. The number of carbonyl (C=O) groups excluding carboxylic acids is 1. The summed E-state index contributed by atoms with van der Waals surface area (Å²) in [6, 6.07) is 5.83. The second-order valence-electron chi connectivity index (χ2n) is 4.61. The van der Waals surface area contributed by atoms with Gasteiger partial charge in [-0.2, -0.15) is 0 Å². The third kappa shape index (κ3) is 2.70. The minimum Gasteiger partial charge on any atom is -0.396 e. The summed E-state index contributed by atoms with van der Waals surface area (Å²) >= 11 is 0. The Kier molecular flexibility index (Phi) is 3.52. The molecule has 0 spiro atoms. The lowest BCUT2D eigenvalue weighted by atomic mass is 9.95. The highest BCUT2D eigenvalue weighted by Gasteiger charge is 2.15. The van der Waals surface area contributed by atoms with Crippen LogP contribution in [0.1, 0.15) is 42.5 Å². The first-order valence-electron chi connectivity index (χ1n) is 6.13. The monoisotopic (exact) mass is 233 g/mol. The van der Waals surface area contributed by atoms with E-state index in [1.54, 1.807) is 6.07 Å². The molecule has 4 nitrogen and oxygen atoms in total. The highest BCUT2D eigenvalue weighted by molar-refractivity contribution is 6.00. The topological polar surface area (TPSA) is 81.1 Å². The van der Waals surface area contributed by atoms with Gasteiger partial charge in [0.2, 0.25) is 0 Å². The minimum absolute atomic E-state index is 0.394. The summed E-state index contributed by atoms with van der Waals surface area (Å²) in [5.41, 5.74) is 12.9. The maximum absolute atomic E-state index is 11.2. The molecule has 4 heteroatoms. The SMILES string of the molecule is NC(=O)c1cccc(NC2CCCCC2)c1N. The zero-order valence-electron chi connectivity index (χ0n) is 9.91. The third-order valence-electron chi connectivity index (χ3n) is 3.34. The molecule has 1 aliphatic rings. The van der Waals surface area contributed by atoms with Crippen LogP contribution in [0.4, 0.5) is 11.4 Å². The summed E-state index contributed by atoms with van der Waals surface area (Å²) in [7, 11) is 0. The number of para-hydroxylation sites is 1. The van der Waals surface area contributed by atoms with Crippen molar-refractivity contribution in [3.05, 3.63) is 23.8 Å². The van der Waals surface area contributed by atoms with Crippen molar-refractivity contribution in [2.24, 2.45) is 5.73 Å². The average molecular weight is 233 g/mol. The summed E-state index contributed by atoms with van der Waals surface area (Å²) in [5, 5.41) is 3.41. The van der Waals surface area contributed by atoms with Crippen molar-refractivity contribution in [1.82, 2.24) is 0 Å². The van der Waals surface area contributed by atoms with E-state index in [1.807, 2.05) is 12.1 Å². The molecule has 1 aromatic carbocycles. The van der Waals surface area contributed by atoms with E-state index < -0.39 is 5.91 Å². The van der Waals surface area contributed by atoms with Crippen LogP contribution >= 0.6 is 0 Å². The Labute approximate surface area is 101 Å². The number of hydrogen-bond acceptors (Lipinski definition) is 3. The van der Waals surface area contributed by atoms with E-state index in [-0.39, 0.29) is 0 Å². The van der Waals surface area contributed by atoms with Gasteiger partial charge in [-0.15, -0.1) is 0 Å². The highest BCUT2D eigenvalue weighted by Crippen LogP contribution is 2.27. The van der Waals surface area contributed by atoms with E-state index in [9.17, 15) is 4.79 Å². The highest BCUT2D eigenvalue weighted by atomic mass is 16.1. The Morgan fingerprint density at radius 2 is 1.94 bits per heavy atom. The lowest BCUT2D eigenvalue weighted by Crippen LogP contribution is -2.23. The van der Waals surface area contributed by atoms with Crippen molar-refractivity contribution < 1.29 is 4.79 Å². The van der Waals surface area contributed by atoms with Gasteiger partial charge in [0.1, 0.15) is 0 Å². The van der Waals surface area contributed by atoms with Gasteiger partial charge < -0.3 is 16.8 Å². The van der Waals surface area contributed by atoms with Crippen molar-refractivity contribution in [3.63, 3.8) is 0 Å². The number of rotatable bonds is 3. The summed E-state index contributed by atoms with van der Waals surface area (Å²) in [5.74, 6) is -0.477. The number of amides is 1. The number of benzene rings is 1. The molecular weight excluding hydrogens is 214 g/mol. The predicted molar refractivity (Wildman–Crippen MR) is 69.9 cm³/mol. The Hall–Kier alpha value is -1.71. The molecule has 92 valence electrons. The molecule has 1 amide bonds. The van der Waals surface area contributed by atoms with Gasteiger partial charge in [0, 0.05) is 6.04 Å². The standard InChI is InChI=1S/C13H19N3O/c14-12-10(13(15)17)7-4-8-11(12)16-9-5-2-1-3-6-9/h4,7-9,16H,1-3,5-6,14H2,(H2,15,17). The Morgan fingerprint density at radius 3 is 2.59 bits per heavy atom. The van der Waals surface area contributed by atoms with Gasteiger partial charge in [-0.25, -0.2) is 0 Å². The maximum Gasteiger partial charge on any atom is 0.250 e. The molecule has 0 aromatic heterocycles. The minimum atomic E-state index is -0.477. The molecular formula is C13H19N3O. The fraction of sp³-hybridized carbons (Fsp3) is 0.462. The molecule has 5 N–H and O–H groups in total. The van der Waals surface area contributed by atoms with Crippen molar-refractivity contribution >= 4 is 17.3 Å². The van der Waals surface area contributed by atoms with Crippen LogP contribution in [-0.4, -0.2) is 11.9 Å². The maximum atomic E-state index is 11.2. The number of primary amides is 1. The number of carbonyl (C=O) groups is 1. The van der Waals surface area contributed by atoms with Gasteiger partial charge in [-0.3, -0.25) is 4.79 Å². The molecule has 1 aliphatic carbocycles. The van der Waals surface area contributed by atoms with Crippen LogP contribution in [0.25, 0.3) is 0 Å². The van der Waals surface area contributed by atoms with Crippen LogP contribution in [-0.2, 0) is 0 Å². The van der Waals surface area contributed by atoms with Crippen molar-refractivity contribution in [2.75, 3.05) is 11.1 Å². The van der Waals surface area contributed by atoms with Crippen LogP contribution in [0, 0.1) is 0 Å². The number of hydrogen-bond donors (Lipinski definition) is 3. The molecule has 0 unspecified atom stereocenters. The normalized spacial score (nSPS) is 16.7. The van der Waals surface area contributed by atoms with Gasteiger partial charge in [0.05, 0.1) is 16.9 Å². The fourth-order valence-electron chi connectivity index (χ4n) is 2.37. The van der Waals surface area contributed by atoms with Crippen LogP contribution in [0.5, 0.6) is 0 Å². The van der Waals surface area contributed by atoms with E-state index in [0.717, 1.165) is 5.69 Å². The van der Waals surface area contributed by atoms with Gasteiger partial charge in [0.15, 0.2) is 0 Å². The van der Waals surface area contributed by atoms with Gasteiger partial charge in [0.25, 0.3) is 5.91 Å². The summed E-state index contributed by atoms with van der Waals surface area (Å²) in [6.45, 7) is 0. The first-order valence-corrected chi connectivity index (χ1v) is 6.13. The quantitative estimate of drug-likeness (QED) is 0.699.